The Bertz CT molecular complexity index is 591. The molecule has 1 aromatic carbocycles. The number of hydrogen-bond donors (Lipinski definition) is 0. The molecule has 0 N–H and O–H groups in total. The van der Waals surface area contributed by atoms with Crippen molar-refractivity contribution < 1.29 is 9.53 Å². The fourth-order valence-corrected chi connectivity index (χ4v) is 3.10. The maximum Gasteiger partial charge on any atom is 0.417 e. The highest BCUT2D eigenvalue weighted by Gasteiger charge is 2.19. The molecule has 110 valence electrons. The van der Waals surface area contributed by atoms with Crippen molar-refractivity contribution in [2.45, 2.75) is 25.7 Å². The second-order valence-corrected chi connectivity index (χ2v) is 6.00. The van der Waals surface area contributed by atoms with Crippen molar-refractivity contribution in [1.82, 2.24) is 9.88 Å². The molecule has 1 amide bonds. The second kappa shape index (κ2) is 6.72. The highest BCUT2D eigenvalue weighted by molar-refractivity contribution is 7.11. The molecule has 21 heavy (non-hydrogen) atoms. The van der Waals surface area contributed by atoms with E-state index >= 15 is 0 Å². The summed E-state index contributed by atoms with van der Waals surface area (Å²) in [5, 5.41) is 2.39. The number of ether oxygens (including phenoxy) is 1. The van der Waals surface area contributed by atoms with Gasteiger partial charge in [0.2, 0.25) is 0 Å². The number of nitrogens with zero attached hydrogens (tertiary/aromatic N) is 2. The minimum Gasteiger partial charge on any atom is -0.381 e. The molecule has 1 saturated heterocycles. The first-order chi connectivity index (χ1) is 10.3. The summed E-state index contributed by atoms with van der Waals surface area (Å²) in [6.45, 7) is 1.59. The number of benzene rings is 1. The number of thiazole rings is 1. The van der Waals surface area contributed by atoms with Crippen LogP contribution in [0.1, 0.15) is 30.5 Å². The van der Waals surface area contributed by atoms with Crippen molar-refractivity contribution in [3.63, 3.8) is 0 Å². The monoisotopic (exact) mass is 302 g/mol. The number of amides is 1. The van der Waals surface area contributed by atoms with Crippen LogP contribution in [0.2, 0.25) is 0 Å². The molecule has 2 heterocycles. The van der Waals surface area contributed by atoms with Crippen LogP contribution in [0.25, 0.3) is 0 Å². The van der Waals surface area contributed by atoms with E-state index in [4.69, 9.17) is 4.74 Å². The molecule has 4 nitrogen and oxygen atoms in total. The predicted octanol–water partition coefficient (Wildman–Crippen LogP) is 3.72. The fraction of sp³-hybridized carbons (Fsp3) is 0.375. The van der Waals surface area contributed by atoms with Gasteiger partial charge in [-0.25, -0.2) is 9.78 Å². The smallest absolute Gasteiger partial charge is 0.381 e. The molecule has 3 rings (SSSR count). The Morgan fingerprint density at radius 1 is 1.19 bits per heavy atom. The third-order valence-electron chi connectivity index (χ3n) is 3.55. The molecule has 0 atom stereocenters. The van der Waals surface area contributed by atoms with E-state index in [-0.39, 0.29) is 6.09 Å². The van der Waals surface area contributed by atoms with Gasteiger partial charge in [0.15, 0.2) is 0 Å². The van der Waals surface area contributed by atoms with Gasteiger partial charge in [-0.3, -0.25) is 0 Å². The summed E-state index contributed by atoms with van der Waals surface area (Å²) in [5.41, 5.74) is 2.14. The van der Waals surface area contributed by atoms with Crippen LogP contribution in [0.4, 0.5) is 4.79 Å². The standard InChI is InChI=1S/C16H18N2O2S/c19-16(18-9-5-2-6-10-18)20-15-17-14(12-21-15)11-13-7-3-1-4-8-13/h1,3-4,7-8,12H,2,5-6,9-11H2. The lowest BCUT2D eigenvalue weighted by Gasteiger charge is -2.24. The van der Waals surface area contributed by atoms with E-state index in [1.165, 1.54) is 23.3 Å². The van der Waals surface area contributed by atoms with Crippen molar-refractivity contribution >= 4 is 17.4 Å². The minimum absolute atomic E-state index is 0.268. The van der Waals surface area contributed by atoms with Crippen LogP contribution in [0.3, 0.4) is 0 Å². The Hall–Kier alpha value is -1.88. The van der Waals surface area contributed by atoms with Crippen LogP contribution in [-0.2, 0) is 6.42 Å². The first-order valence-electron chi connectivity index (χ1n) is 7.26. The van der Waals surface area contributed by atoms with E-state index in [2.05, 4.69) is 17.1 Å². The topological polar surface area (TPSA) is 42.4 Å². The minimum atomic E-state index is -0.268. The van der Waals surface area contributed by atoms with E-state index in [0.717, 1.165) is 38.0 Å². The van der Waals surface area contributed by atoms with Gasteiger partial charge in [0.05, 0.1) is 5.69 Å². The van der Waals surface area contributed by atoms with Crippen LogP contribution in [0.15, 0.2) is 35.7 Å². The summed E-state index contributed by atoms with van der Waals surface area (Å²) >= 11 is 1.38. The Kier molecular flexibility index (Phi) is 4.50. The van der Waals surface area contributed by atoms with Gasteiger partial charge < -0.3 is 9.64 Å². The highest BCUT2D eigenvalue weighted by Crippen LogP contribution is 2.21. The zero-order valence-electron chi connectivity index (χ0n) is 11.8. The van der Waals surface area contributed by atoms with Gasteiger partial charge >= 0.3 is 6.09 Å². The maximum absolute atomic E-state index is 12.0. The Morgan fingerprint density at radius 3 is 2.71 bits per heavy atom. The quantitative estimate of drug-likeness (QED) is 0.868. The zero-order chi connectivity index (χ0) is 14.5. The summed E-state index contributed by atoms with van der Waals surface area (Å²) in [7, 11) is 0. The molecule has 0 bridgehead atoms. The predicted molar refractivity (Wildman–Crippen MR) is 82.8 cm³/mol. The van der Waals surface area contributed by atoms with Crippen molar-refractivity contribution in [3.05, 3.63) is 47.0 Å². The largest absolute Gasteiger partial charge is 0.417 e. The van der Waals surface area contributed by atoms with E-state index < -0.39 is 0 Å². The zero-order valence-corrected chi connectivity index (χ0v) is 12.6. The summed E-state index contributed by atoms with van der Waals surface area (Å²) in [6, 6.07) is 10.2. The summed E-state index contributed by atoms with van der Waals surface area (Å²) < 4.78 is 5.37. The molecule has 0 unspecified atom stereocenters. The molecule has 1 aliphatic heterocycles. The molecular formula is C16H18N2O2S. The van der Waals surface area contributed by atoms with E-state index in [0.29, 0.717) is 5.19 Å². The SMILES string of the molecule is O=C(Oc1nc(Cc2ccccc2)cs1)N1CCCCC1. The number of carbonyl (C=O) groups is 1. The molecule has 2 aromatic rings. The van der Waals surface area contributed by atoms with Gasteiger partial charge in [0.25, 0.3) is 5.19 Å². The third kappa shape index (κ3) is 3.82. The second-order valence-electron chi connectivity index (χ2n) is 5.18. The van der Waals surface area contributed by atoms with Crippen LogP contribution in [0, 0.1) is 0 Å². The van der Waals surface area contributed by atoms with Crippen LogP contribution in [0.5, 0.6) is 5.19 Å². The number of aromatic nitrogens is 1. The van der Waals surface area contributed by atoms with Gasteiger partial charge in [-0.05, 0) is 24.8 Å². The van der Waals surface area contributed by atoms with Gasteiger partial charge in [0.1, 0.15) is 0 Å². The average Bonchev–Trinajstić information content (AvgIpc) is 2.96. The molecule has 0 aliphatic carbocycles. The Balaban J connectivity index is 1.58. The lowest BCUT2D eigenvalue weighted by Crippen LogP contribution is -2.37. The van der Waals surface area contributed by atoms with Crippen LogP contribution in [-0.4, -0.2) is 29.1 Å². The molecule has 1 aromatic heterocycles. The molecule has 0 saturated carbocycles. The van der Waals surface area contributed by atoms with Crippen molar-refractivity contribution in [3.8, 4) is 5.19 Å². The van der Waals surface area contributed by atoms with Gasteiger partial charge in [0, 0.05) is 24.9 Å². The fourth-order valence-electron chi connectivity index (χ4n) is 2.44. The Morgan fingerprint density at radius 2 is 1.95 bits per heavy atom. The van der Waals surface area contributed by atoms with Gasteiger partial charge in [-0.15, -0.1) is 0 Å². The van der Waals surface area contributed by atoms with E-state index in [9.17, 15) is 4.79 Å². The van der Waals surface area contributed by atoms with E-state index in [1.54, 1.807) is 4.90 Å². The first-order valence-corrected chi connectivity index (χ1v) is 8.14. The van der Waals surface area contributed by atoms with Crippen molar-refractivity contribution in [1.29, 1.82) is 0 Å². The van der Waals surface area contributed by atoms with Crippen LogP contribution < -0.4 is 4.74 Å². The summed E-state index contributed by atoms with van der Waals surface area (Å²) in [5.74, 6) is 0. The summed E-state index contributed by atoms with van der Waals surface area (Å²) in [6.07, 6.45) is 3.81. The number of rotatable bonds is 3. The molecular weight excluding hydrogens is 284 g/mol. The molecule has 0 spiro atoms. The van der Waals surface area contributed by atoms with Crippen LogP contribution >= 0.6 is 11.3 Å². The first kappa shape index (κ1) is 14.1. The number of piperidine rings is 1. The normalized spacial score (nSPS) is 15.0. The number of likely N-dealkylation sites (tertiary alicyclic amines) is 1. The molecule has 1 fully saturated rings. The van der Waals surface area contributed by atoms with Gasteiger partial charge in [-0.2, -0.15) is 0 Å². The highest BCUT2D eigenvalue weighted by atomic mass is 32.1. The average molecular weight is 302 g/mol. The van der Waals surface area contributed by atoms with Gasteiger partial charge in [-0.1, -0.05) is 41.7 Å². The third-order valence-corrected chi connectivity index (χ3v) is 4.31. The molecule has 5 heteroatoms. The van der Waals surface area contributed by atoms with E-state index in [1.807, 2.05) is 23.6 Å². The lowest BCUT2D eigenvalue weighted by molar-refractivity contribution is 0.142. The molecule has 1 aliphatic rings. The van der Waals surface area contributed by atoms with Crippen molar-refractivity contribution in [2.24, 2.45) is 0 Å². The summed E-state index contributed by atoms with van der Waals surface area (Å²) in [4.78, 5) is 18.2. The molecule has 0 radical (unpaired) electrons. The lowest BCUT2D eigenvalue weighted by atomic mass is 10.1. The maximum atomic E-state index is 12.0. The Labute approximate surface area is 128 Å². The van der Waals surface area contributed by atoms with Crippen molar-refractivity contribution in [2.75, 3.05) is 13.1 Å². The number of hydrogen-bond acceptors (Lipinski definition) is 4. The number of carbonyl (C=O) groups excluding carboxylic acids is 1.